The van der Waals surface area contributed by atoms with Crippen LogP contribution >= 0.6 is 0 Å². The summed E-state index contributed by atoms with van der Waals surface area (Å²) in [5.41, 5.74) is 0. The quantitative estimate of drug-likeness (QED) is 0.761. The fourth-order valence-electron chi connectivity index (χ4n) is 3.15. The van der Waals surface area contributed by atoms with E-state index in [2.05, 4.69) is 20.4 Å². The van der Waals surface area contributed by atoms with Gasteiger partial charge in [0.05, 0.1) is 0 Å². The smallest absolute Gasteiger partial charge is 0.135 e. The maximum Gasteiger partial charge on any atom is 0.176 e. The van der Waals surface area contributed by atoms with Gasteiger partial charge >= 0.3 is 0 Å². The molecule has 0 N–H and O–H groups in total. The lowest BCUT2D eigenvalue weighted by Gasteiger charge is -2.14. The van der Waals surface area contributed by atoms with E-state index in [1.165, 1.54) is 89.8 Å². The first-order chi connectivity index (χ1) is 9.97. The van der Waals surface area contributed by atoms with E-state index in [0.717, 1.165) is 5.82 Å². The van der Waals surface area contributed by atoms with Crippen molar-refractivity contribution in [2.45, 2.75) is 89.4 Å². The van der Waals surface area contributed by atoms with Crippen LogP contribution in [0.3, 0.4) is 0 Å². The second-order valence-corrected chi connectivity index (χ2v) is 6.07. The Balaban J connectivity index is 1.84. The van der Waals surface area contributed by atoms with Crippen LogP contribution in [0.5, 0.6) is 0 Å². The molecule has 0 aromatic carbocycles. The molecular weight excluding hydrogens is 248 g/mol. The summed E-state index contributed by atoms with van der Waals surface area (Å²) >= 11 is 0. The van der Waals surface area contributed by atoms with Crippen LogP contribution in [0.25, 0.3) is 0 Å². The average Bonchev–Trinajstić information content (AvgIpc) is 2.50. The van der Waals surface area contributed by atoms with Crippen LogP contribution in [0.15, 0.2) is 6.33 Å². The fraction of sp³-hybridized carbons (Fsp3) is 0.875. The van der Waals surface area contributed by atoms with Crippen molar-refractivity contribution in [3.8, 4) is 0 Å². The van der Waals surface area contributed by atoms with E-state index in [-0.39, 0.29) is 0 Å². The Hall–Kier alpha value is -1.06. The molecule has 4 heteroatoms. The van der Waals surface area contributed by atoms with E-state index >= 15 is 0 Å². The minimum atomic E-state index is 0.471. The van der Waals surface area contributed by atoms with Crippen molar-refractivity contribution >= 4 is 0 Å². The van der Waals surface area contributed by atoms with Crippen LogP contribution in [-0.2, 0) is 0 Å². The third-order valence-corrected chi connectivity index (χ3v) is 4.39. The summed E-state index contributed by atoms with van der Waals surface area (Å²) in [6, 6.07) is 0. The number of aromatic nitrogens is 4. The predicted molar refractivity (Wildman–Crippen MR) is 80.4 cm³/mol. The van der Waals surface area contributed by atoms with E-state index < -0.39 is 0 Å². The zero-order chi connectivity index (χ0) is 13.9. The number of hydrogen-bond acceptors (Lipinski definition) is 4. The molecule has 0 aliphatic heterocycles. The summed E-state index contributed by atoms with van der Waals surface area (Å²) < 4.78 is 0. The van der Waals surface area contributed by atoms with Crippen molar-refractivity contribution in [2.24, 2.45) is 0 Å². The molecule has 0 atom stereocenters. The lowest BCUT2D eigenvalue weighted by Crippen LogP contribution is -2.07. The Morgan fingerprint density at radius 2 is 1.00 bits per heavy atom. The summed E-state index contributed by atoms with van der Waals surface area (Å²) in [5, 5.41) is 16.1. The summed E-state index contributed by atoms with van der Waals surface area (Å²) in [5.74, 6) is 1.33. The molecule has 0 unspecified atom stereocenters. The molecule has 0 radical (unpaired) electrons. The van der Waals surface area contributed by atoms with Gasteiger partial charge in [0, 0.05) is 5.92 Å². The molecule has 1 aromatic heterocycles. The van der Waals surface area contributed by atoms with Crippen molar-refractivity contribution in [2.75, 3.05) is 0 Å². The summed E-state index contributed by atoms with van der Waals surface area (Å²) in [7, 11) is 0. The van der Waals surface area contributed by atoms with Crippen LogP contribution in [0.1, 0.15) is 95.2 Å². The summed E-state index contributed by atoms with van der Waals surface area (Å²) in [6.07, 6.45) is 19.0. The molecular formula is C16H28N4. The fourth-order valence-corrected chi connectivity index (χ4v) is 3.15. The van der Waals surface area contributed by atoms with Gasteiger partial charge in [0.1, 0.15) is 0 Å². The number of rotatable bonds is 1. The molecule has 1 aliphatic carbocycles. The van der Waals surface area contributed by atoms with Crippen molar-refractivity contribution in [3.05, 3.63) is 12.2 Å². The van der Waals surface area contributed by atoms with Crippen molar-refractivity contribution in [1.29, 1.82) is 0 Å². The van der Waals surface area contributed by atoms with E-state index in [0.29, 0.717) is 5.92 Å². The van der Waals surface area contributed by atoms with Crippen LogP contribution in [0, 0.1) is 0 Å². The van der Waals surface area contributed by atoms with E-state index in [9.17, 15) is 0 Å². The molecule has 2 rings (SSSR count). The molecule has 1 heterocycles. The second kappa shape index (κ2) is 9.78. The Bertz CT molecular complexity index is 328. The Labute approximate surface area is 122 Å². The summed E-state index contributed by atoms with van der Waals surface area (Å²) in [6.45, 7) is 0. The molecule has 4 nitrogen and oxygen atoms in total. The van der Waals surface area contributed by atoms with E-state index in [1.54, 1.807) is 0 Å². The predicted octanol–water partition coefficient (Wildman–Crippen LogP) is 4.44. The zero-order valence-electron chi connectivity index (χ0n) is 12.6. The van der Waals surface area contributed by atoms with E-state index in [4.69, 9.17) is 0 Å². The maximum absolute atomic E-state index is 4.18. The van der Waals surface area contributed by atoms with Gasteiger partial charge in [-0.05, 0) is 12.8 Å². The first kappa shape index (κ1) is 15.3. The van der Waals surface area contributed by atoms with Gasteiger partial charge in [0.2, 0.25) is 0 Å². The van der Waals surface area contributed by atoms with Gasteiger partial charge in [0.15, 0.2) is 12.2 Å². The van der Waals surface area contributed by atoms with E-state index in [1.807, 2.05) is 0 Å². The minimum Gasteiger partial charge on any atom is -0.135 e. The van der Waals surface area contributed by atoms with Gasteiger partial charge in [-0.3, -0.25) is 0 Å². The van der Waals surface area contributed by atoms with Crippen molar-refractivity contribution < 1.29 is 0 Å². The van der Waals surface area contributed by atoms with Gasteiger partial charge in [-0.25, -0.2) is 0 Å². The van der Waals surface area contributed by atoms with Crippen LogP contribution < -0.4 is 0 Å². The molecule has 0 spiro atoms. The van der Waals surface area contributed by atoms with Gasteiger partial charge in [-0.1, -0.05) is 70.6 Å². The highest BCUT2D eigenvalue weighted by Gasteiger charge is 2.15. The van der Waals surface area contributed by atoms with Crippen molar-refractivity contribution in [1.82, 2.24) is 20.4 Å². The van der Waals surface area contributed by atoms with Gasteiger partial charge in [-0.2, -0.15) is 0 Å². The monoisotopic (exact) mass is 276 g/mol. The first-order valence-corrected chi connectivity index (χ1v) is 8.47. The van der Waals surface area contributed by atoms with Gasteiger partial charge in [0.25, 0.3) is 0 Å². The average molecular weight is 276 g/mol. The molecule has 20 heavy (non-hydrogen) atoms. The standard InChI is InChI=1S/C16H28N4/c1-2-4-6-8-10-12-15(13-11-9-7-5-3-1)16-19-17-14-18-20-16/h14-15H,1-13H2. The molecule has 0 saturated heterocycles. The second-order valence-electron chi connectivity index (χ2n) is 6.07. The van der Waals surface area contributed by atoms with Gasteiger partial charge in [-0.15, -0.1) is 20.4 Å². The third kappa shape index (κ3) is 5.93. The maximum atomic E-state index is 4.18. The SMILES string of the molecule is c1nnc(C2CCCCCCCCCCCCC2)nn1. The number of hydrogen-bond donors (Lipinski definition) is 0. The molecule has 1 aliphatic rings. The highest BCUT2D eigenvalue weighted by atomic mass is 15.3. The normalized spacial score (nSPS) is 21.2. The largest absolute Gasteiger partial charge is 0.176 e. The molecule has 0 amide bonds. The number of nitrogens with zero attached hydrogens (tertiary/aromatic N) is 4. The molecule has 1 aromatic rings. The highest BCUT2D eigenvalue weighted by Crippen LogP contribution is 2.26. The Morgan fingerprint density at radius 1 is 0.600 bits per heavy atom. The molecule has 112 valence electrons. The van der Waals surface area contributed by atoms with Crippen molar-refractivity contribution in [3.63, 3.8) is 0 Å². The van der Waals surface area contributed by atoms with Crippen LogP contribution in [-0.4, -0.2) is 20.4 Å². The molecule has 1 fully saturated rings. The Kier molecular flexibility index (Phi) is 7.50. The highest BCUT2D eigenvalue weighted by molar-refractivity contribution is 4.90. The topological polar surface area (TPSA) is 51.6 Å². The third-order valence-electron chi connectivity index (χ3n) is 4.39. The lowest BCUT2D eigenvalue weighted by atomic mass is 9.93. The van der Waals surface area contributed by atoms with Crippen LogP contribution in [0.2, 0.25) is 0 Å². The molecule has 1 saturated carbocycles. The minimum absolute atomic E-state index is 0.471. The van der Waals surface area contributed by atoms with Gasteiger partial charge < -0.3 is 0 Å². The first-order valence-electron chi connectivity index (χ1n) is 8.47. The lowest BCUT2D eigenvalue weighted by molar-refractivity contribution is 0.451. The summed E-state index contributed by atoms with van der Waals surface area (Å²) in [4.78, 5) is 0. The Morgan fingerprint density at radius 3 is 1.45 bits per heavy atom. The molecule has 0 bridgehead atoms. The zero-order valence-corrected chi connectivity index (χ0v) is 12.6. The van der Waals surface area contributed by atoms with Crippen LogP contribution in [0.4, 0.5) is 0 Å².